The second-order valence-corrected chi connectivity index (χ2v) is 10.8. The van der Waals surface area contributed by atoms with Crippen LogP contribution in [0.25, 0.3) is 0 Å². The SMILES string of the molecule is CN1CCN(C(CNS(=O)(=O)c2ccc(Oc3ccccc3)cc2)c2c(Cl)cccc2Cl)CC1. The number of nitrogens with zero attached hydrogens (tertiary/aromatic N) is 2. The Morgan fingerprint density at radius 2 is 1.44 bits per heavy atom. The van der Waals surface area contributed by atoms with Gasteiger partial charge in [0.2, 0.25) is 10.0 Å². The molecule has 3 aromatic rings. The summed E-state index contributed by atoms with van der Waals surface area (Å²) in [6, 6.07) is 20.8. The van der Waals surface area contributed by atoms with Gasteiger partial charge in [0.15, 0.2) is 0 Å². The monoisotopic (exact) mass is 519 g/mol. The van der Waals surface area contributed by atoms with E-state index in [0.717, 1.165) is 31.7 Å². The van der Waals surface area contributed by atoms with Crippen molar-refractivity contribution in [2.75, 3.05) is 39.8 Å². The fourth-order valence-corrected chi connectivity index (χ4v) is 5.65. The normalized spacial score (nSPS) is 16.3. The minimum absolute atomic E-state index is 0.151. The number of likely N-dealkylation sites (N-methyl/N-ethyl adjacent to an activating group) is 1. The first-order chi connectivity index (χ1) is 16.3. The molecule has 1 heterocycles. The zero-order valence-electron chi connectivity index (χ0n) is 18.8. The zero-order valence-corrected chi connectivity index (χ0v) is 21.2. The van der Waals surface area contributed by atoms with E-state index in [2.05, 4.69) is 21.6 Å². The number of benzene rings is 3. The molecule has 3 aromatic carbocycles. The van der Waals surface area contributed by atoms with Crippen LogP contribution in [0, 0.1) is 0 Å². The maximum absolute atomic E-state index is 13.1. The molecule has 180 valence electrons. The smallest absolute Gasteiger partial charge is 0.240 e. The number of sulfonamides is 1. The molecule has 0 bridgehead atoms. The molecule has 34 heavy (non-hydrogen) atoms. The van der Waals surface area contributed by atoms with Crippen LogP contribution >= 0.6 is 23.2 Å². The Labute approximate surface area is 211 Å². The van der Waals surface area contributed by atoms with Crippen LogP contribution in [-0.4, -0.2) is 58.0 Å². The van der Waals surface area contributed by atoms with Gasteiger partial charge in [-0.25, -0.2) is 13.1 Å². The van der Waals surface area contributed by atoms with Crippen LogP contribution in [-0.2, 0) is 10.0 Å². The number of rotatable bonds is 8. The van der Waals surface area contributed by atoms with Crippen LogP contribution in [0.15, 0.2) is 77.7 Å². The molecule has 1 atom stereocenters. The zero-order chi connectivity index (χ0) is 24.1. The summed E-state index contributed by atoms with van der Waals surface area (Å²) >= 11 is 13.0. The molecule has 0 radical (unpaired) electrons. The van der Waals surface area contributed by atoms with E-state index in [4.69, 9.17) is 27.9 Å². The standard InChI is InChI=1S/C25H27Cl2N3O3S/c1-29-14-16-30(17-15-29)24(25-22(26)8-5-9-23(25)27)18-28-34(31,32)21-12-10-20(11-13-21)33-19-6-3-2-4-7-19/h2-13,24,28H,14-18H2,1H3. The summed E-state index contributed by atoms with van der Waals surface area (Å²) in [5, 5.41) is 1.05. The molecule has 1 saturated heterocycles. The minimum atomic E-state index is -3.76. The van der Waals surface area contributed by atoms with Gasteiger partial charge in [0.1, 0.15) is 11.5 Å². The van der Waals surface area contributed by atoms with Gasteiger partial charge in [0.25, 0.3) is 0 Å². The second kappa shape index (κ2) is 11.1. The number of nitrogens with one attached hydrogen (secondary N) is 1. The summed E-state index contributed by atoms with van der Waals surface area (Å²) in [4.78, 5) is 4.63. The predicted octanol–water partition coefficient (Wildman–Crippen LogP) is 5.05. The van der Waals surface area contributed by atoms with E-state index in [0.29, 0.717) is 21.5 Å². The van der Waals surface area contributed by atoms with Gasteiger partial charge in [0, 0.05) is 48.3 Å². The maximum Gasteiger partial charge on any atom is 0.240 e. The van der Waals surface area contributed by atoms with E-state index in [1.54, 1.807) is 30.3 Å². The van der Waals surface area contributed by atoms with Crippen molar-refractivity contribution < 1.29 is 13.2 Å². The van der Waals surface area contributed by atoms with Crippen molar-refractivity contribution in [3.8, 4) is 11.5 Å². The van der Waals surface area contributed by atoms with E-state index in [1.807, 2.05) is 30.3 Å². The van der Waals surface area contributed by atoms with Crippen LogP contribution in [0.2, 0.25) is 10.0 Å². The van der Waals surface area contributed by atoms with E-state index in [1.165, 1.54) is 12.1 Å². The first-order valence-electron chi connectivity index (χ1n) is 11.0. The summed E-state index contributed by atoms with van der Waals surface area (Å²) in [5.74, 6) is 1.24. The van der Waals surface area contributed by atoms with Gasteiger partial charge in [-0.2, -0.15) is 0 Å². The molecule has 1 N–H and O–H groups in total. The molecule has 1 aliphatic rings. The summed E-state index contributed by atoms with van der Waals surface area (Å²) in [5.41, 5.74) is 0.740. The van der Waals surface area contributed by atoms with Crippen LogP contribution in [0.3, 0.4) is 0 Å². The van der Waals surface area contributed by atoms with Crippen molar-refractivity contribution in [1.29, 1.82) is 0 Å². The van der Waals surface area contributed by atoms with E-state index >= 15 is 0 Å². The molecule has 0 amide bonds. The summed E-state index contributed by atoms with van der Waals surface area (Å²) < 4.78 is 34.7. The van der Waals surface area contributed by atoms with Gasteiger partial charge in [-0.15, -0.1) is 0 Å². The van der Waals surface area contributed by atoms with Crippen molar-refractivity contribution in [2.45, 2.75) is 10.9 Å². The summed E-state index contributed by atoms with van der Waals surface area (Å²) in [7, 11) is -1.68. The van der Waals surface area contributed by atoms with Crippen molar-refractivity contribution in [3.05, 3.63) is 88.4 Å². The number of piperazine rings is 1. The predicted molar refractivity (Wildman–Crippen MR) is 136 cm³/mol. The highest BCUT2D eigenvalue weighted by molar-refractivity contribution is 7.89. The van der Waals surface area contributed by atoms with Gasteiger partial charge >= 0.3 is 0 Å². The average molecular weight is 520 g/mol. The lowest BCUT2D eigenvalue weighted by Crippen LogP contribution is -2.48. The van der Waals surface area contributed by atoms with E-state index in [-0.39, 0.29) is 17.5 Å². The van der Waals surface area contributed by atoms with Crippen molar-refractivity contribution in [2.24, 2.45) is 0 Å². The Kier molecular flexibility index (Phi) is 8.14. The average Bonchev–Trinajstić information content (AvgIpc) is 2.83. The molecule has 0 aromatic heterocycles. The molecule has 9 heteroatoms. The lowest BCUT2D eigenvalue weighted by molar-refractivity contribution is 0.113. The molecule has 0 spiro atoms. The van der Waals surface area contributed by atoms with Gasteiger partial charge in [-0.3, -0.25) is 4.90 Å². The van der Waals surface area contributed by atoms with Gasteiger partial charge < -0.3 is 9.64 Å². The molecule has 1 aliphatic heterocycles. The minimum Gasteiger partial charge on any atom is -0.457 e. The summed E-state index contributed by atoms with van der Waals surface area (Å²) in [6.45, 7) is 3.49. The van der Waals surface area contributed by atoms with Gasteiger partial charge in [0.05, 0.1) is 10.9 Å². The summed E-state index contributed by atoms with van der Waals surface area (Å²) in [6.07, 6.45) is 0. The van der Waals surface area contributed by atoms with Crippen molar-refractivity contribution in [1.82, 2.24) is 14.5 Å². The number of hydrogen-bond acceptors (Lipinski definition) is 5. The fourth-order valence-electron chi connectivity index (χ4n) is 3.96. The molecule has 0 saturated carbocycles. The third-order valence-corrected chi connectivity index (χ3v) is 7.99. The van der Waals surface area contributed by atoms with Gasteiger partial charge in [-0.05, 0) is 55.6 Å². The van der Waals surface area contributed by atoms with Crippen LogP contribution in [0.4, 0.5) is 0 Å². The number of para-hydroxylation sites is 1. The fraction of sp³-hybridized carbons (Fsp3) is 0.280. The second-order valence-electron chi connectivity index (χ2n) is 8.23. The lowest BCUT2D eigenvalue weighted by atomic mass is 10.0. The first-order valence-corrected chi connectivity index (χ1v) is 13.3. The van der Waals surface area contributed by atoms with Gasteiger partial charge in [-0.1, -0.05) is 47.5 Å². The Morgan fingerprint density at radius 1 is 0.853 bits per heavy atom. The molecule has 1 fully saturated rings. The molecular weight excluding hydrogens is 493 g/mol. The largest absolute Gasteiger partial charge is 0.457 e. The third-order valence-electron chi connectivity index (χ3n) is 5.89. The van der Waals surface area contributed by atoms with Crippen LogP contribution < -0.4 is 9.46 Å². The van der Waals surface area contributed by atoms with Crippen molar-refractivity contribution >= 4 is 33.2 Å². The number of ether oxygens (including phenoxy) is 1. The molecule has 1 unspecified atom stereocenters. The third kappa shape index (κ3) is 6.10. The first kappa shape index (κ1) is 25.0. The highest BCUT2D eigenvalue weighted by atomic mass is 35.5. The van der Waals surface area contributed by atoms with Crippen LogP contribution in [0.1, 0.15) is 11.6 Å². The van der Waals surface area contributed by atoms with E-state index in [9.17, 15) is 8.42 Å². The Bertz CT molecular complexity index is 1180. The highest BCUT2D eigenvalue weighted by Crippen LogP contribution is 2.34. The van der Waals surface area contributed by atoms with Crippen molar-refractivity contribution in [3.63, 3.8) is 0 Å². The topological polar surface area (TPSA) is 61.9 Å². The molecule has 6 nitrogen and oxygen atoms in total. The quantitative estimate of drug-likeness (QED) is 0.451. The highest BCUT2D eigenvalue weighted by Gasteiger charge is 2.29. The molecule has 0 aliphatic carbocycles. The van der Waals surface area contributed by atoms with E-state index < -0.39 is 10.0 Å². The Balaban J connectivity index is 1.51. The Morgan fingerprint density at radius 3 is 2.06 bits per heavy atom. The maximum atomic E-state index is 13.1. The molecule has 4 rings (SSSR count). The molecular formula is C25H27Cl2N3O3S. The number of hydrogen-bond donors (Lipinski definition) is 1. The lowest BCUT2D eigenvalue weighted by Gasteiger charge is -2.38. The Hall–Kier alpha value is -2.13. The van der Waals surface area contributed by atoms with Crippen LogP contribution in [0.5, 0.6) is 11.5 Å². The number of halogens is 2.